The molecule has 1 fully saturated rings. The van der Waals surface area contributed by atoms with Gasteiger partial charge in [0.15, 0.2) is 0 Å². The minimum Gasteiger partial charge on any atom is -0.508 e. The van der Waals surface area contributed by atoms with Gasteiger partial charge in [0.25, 0.3) is 5.91 Å². The molecule has 27 heavy (non-hydrogen) atoms. The predicted molar refractivity (Wildman–Crippen MR) is 106 cm³/mol. The second-order valence-corrected chi connectivity index (χ2v) is 7.01. The summed E-state index contributed by atoms with van der Waals surface area (Å²) in [7, 11) is 0. The summed E-state index contributed by atoms with van der Waals surface area (Å²) in [5.41, 5.74) is 9.97. The molecule has 0 radical (unpaired) electrons. The SMILES string of the molecule is CCc1c(-c2cccc(O)c2)c(C(N)=O)c(C)n1CCCN1CCOCC1. The molecule has 0 saturated carbocycles. The summed E-state index contributed by atoms with van der Waals surface area (Å²) in [5.74, 6) is -0.241. The average molecular weight is 371 g/mol. The van der Waals surface area contributed by atoms with E-state index in [0.29, 0.717) is 5.56 Å². The Morgan fingerprint density at radius 3 is 2.63 bits per heavy atom. The Balaban J connectivity index is 1.91. The Kier molecular flexibility index (Phi) is 6.19. The molecule has 1 aromatic heterocycles. The van der Waals surface area contributed by atoms with E-state index in [1.165, 1.54) is 0 Å². The molecule has 6 heteroatoms. The van der Waals surface area contributed by atoms with Crippen molar-refractivity contribution in [3.63, 3.8) is 0 Å². The monoisotopic (exact) mass is 371 g/mol. The van der Waals surface area contributed by atoms with Crippen LogP contribution in [-0.4, -0.2) is 53.3 Å². The van der Waals surface area contributed by atoms with Gasteiger partial charge in [0, 0.05) is 43.1 Å². The van der Waals surface area contributed by atoms with Crippen molar-refractivity contribution in [3.8, 4) is 16.9 Å². The second kappa shape index (κ2) is 8.59. The van der Waals surface area contributed by atoms with Crippen LogP contribution in [0.4, 0.5) is 0 Å². The lowest BCUT2D eigenvalue weighted by Crippen LogP contribution is -2.37. The molecule has 0 aliphatic carbocycles. The molecule has 2 aromatic rings. The number of rotatable bonds is 7. The largest absolute Gasteiger partial charge is 0.508 e. The highest BCUT2D eigenvalue weighted by molar-refractivity contribution is 6.02. The van der Waals surface area contributed by atoms with Gasteiger partial charge in [0.1, 0.15) is 5.75 Å². The number of nitrogens with zero attached hydrogens (tertiary/aromatic N) is 2. The maximum Gasteiger partial charge on any atom is 0.251 e. The number of aromatic hydroxyl groups is 1. The summed E-state index contributed by atoms with van der Waals surface area (Å²) < 4.78 is 7.63. The minimum atomic E-state index is -0.424. The van der Waals surface area contributed by atoms with Crippen LogP contribution in [0.1, 0.15) is 35.1 Å². The van der Waals surface area contributed by atoms with Gasteiger partial charge >= 0.3 is 0 Å². The van der Waals surface area contributed by atoms with Gasteiger partial charge in [-0.3, -0.25) is 9.69 Å². The lowest BCUT2D eigenvalue weighted by molar-refractivity contribution is 0.0369. The van der Waals surface area contributed by atoms with Crippen molar-refractivity contribution in [2.75, 3.05) is 32.8 Å². The zero-order valence-corrected chi connectivity index (χ0v) is 16.2. The fraction of sp³-hybridized carbons (Fsp3) is 0.476. The zero-order chi connectivity index (χ0) is 19.4. The van der Waals surface area contributed by atoms with Crippen LogP contribution < -0.4 is 5.73 Å². The molecule has 1 aliphatic heterocycles. The van der Waals surface area contributed by atoms with Gasteiger partial charge in [-0.2, -0.15) is 0 Å². The van der Waals surface area contributed by atoms with Gasteiger partial charge in [-0.1, -0.05) is 19.1 Å². The quantitative estimate of drug-likeness (QED) is 0.784. The van der Waals surface area contributed by atoms with Crippen molar-refractivity contribution < 1.29 is 14.6 Å². The van der Waals surface area contributed by atoms with E-state index >= 15 is 0 Å². The number of hydrogen-bond donors (Lipinski definition) is 2. The Morgan fingerprint density at radius 1 is 1.26 bits per heavy atom. The Hall–Kier alpha value is -2.31. The highest BCUT2D eigenvalue weighted by Gasteiger charge is 2.24. The van der Waals surface area contributed by atoms with E-state index in [-0.39, 0.29) is 5.75 Å². The highest BCUT2D eigenvalue weighted by Crippen LogP contribution is 2.34. The normalized spacial score (nSPS) is 15.2. The summed E-state index contributed by atoms with van der Waals surface area (Å²) in [6.45, 7) is 9.46. The summed E-state index contributed by atoms with van der Waals surface area (Å²) in [6, 6.07) is 7.03. The third-order valence-electron chi connectivity index (χ3n) is 5.31. The number of phenolic OH excluding ortho intramolecular Hbond substituents is 1. The summed E-state index contributed by atoms with van der Waals surface area (Å²) >= 11 is 0. The molecular weight excluding hydrogens is 342 g/mol. The number of amides is 1. The van der Waals surface area contributed by atoms with Crippen LogP contribution in [0.2, 0.25) is 0 Å². The first kappa shape index (κ1) is 19.5. The molecule has 6 nitrogen and oxygen atoms in total. The number of hydrogen-bond acceptors (Lipinski definition) is 4. The van der Waals surface area contributed by atoms with Crippen molar-refractivity contribution >= 4 is 5.91 Å². The van der Waals surface area contributed by atoms with Crippen LogP contribution in [0.15, 0.2) is 24.3 Å². The number of morpholine rings is 1. The molecule has 0 unspecified atom stereocenters. The predicted octanol–water partition coefficient (Wildman–Crippen LogP) is 2.55. The second-order valence-electron chi connectivity index (χ2n) is 7.01. The van der Waals surface area contributed by atoms with Crippen LogP contribution in [0.5, 0.6) is 5.75 Å². The molecule has 1 aromatic carbocycles. The molecule has 2 heterocycles. The Bertz CT molecular complexity index is 807. The number of benzene rings is 1. The van der Waals surface area contributed by atoms with E-state index < -0.39 is 5.91 Å². The number of phenols is 1. The summed E-state index contributed by atoms with van der Waals surface area (Å²) in [5, 5.41) is 9.89. The van der Waals surface area contributed by atoms with Crippen molar-refractivity contribution in [1.82, 2.24) is 9.47 Å². The molecule has 3 rings (SSSR count). The molecule has 1 amide bonds. The topological polar surface area (TPSA) is 80.7 Å². The Morgan fingerprint density at radius 2 is 2.00 bits per heavy atom. The maximum atomic E-state index is 12.2. The first-order valence-corrected chi connectivity index (χ1v) is 9.64. The van der Waals surface area contributed by atoms with Crippen LogP contribution >= 0.6 is 0 Å². The standard InChI is InChI=1S/C21H29N3O3/c1-3-18-20(16-6-4-7-17(25)14-16)19(21(22)26)15(2)24(18)9-5-8-23-10-12-27-13-11-23/h4,6-7,14,25H,3,5,8-13H2,1-2H3,(H2,22,26). The third kappa shape index (κ3) is 4.17. The van der Waals surface area contributed by atoms with Crippen LogP contribution in [-0.2, 0) is 17.7 Å². The van der Waals surface area contributed by atoms with E-state index in [2.05, 4.69) is 16.4 Å². The molecule has 0 atom stereocenters. The van der Waals surface area contributed by atoms with E-state index in [4.69, 9.17) is 10.5 Å². The molecule has 1 aliphatic rings. The van der Waals surface area contributed by atoms with Gasteiger partial charge in [0.05, 0.1) is 18.8 Å². The first-order chi connectivity index (χ1) is 13.0. The lowest BCUT2D eigenvalue weighted by Gasteiger charge is -2.26. The van der Waals surface area contributed by atoms with E-state index in [1.54, 1.807) is 18.2 Å². The fourth-order valence-electron chi connectivity index (χ4n) is 4.02. The fourth-order valence-corrected chi connectivity index (χ4v) is 4.02. The van der Waals surface area contributed by atoms with E-state index in [0.717, 1.165) is 74.7 Å². The molecular formula is C21H29N3O3. The lowest BCUT2D eigenvalue weighted by atomic mass is 9.98. The smallest absolute Gasteiger partial charge is 0.251 e. The van der Waals surface area contributed by atoms with Crippen molar-refractivity contribution in [3.05, 3.63) is 41.2 Å². The number of nitrogens with two attached hydrogens (primary N) is 1. The average Bonchev–Trinajstić information content (AvgIpc) is 2.94. The van der Waals surface area contributed by atoms with Crippen molar-refractivity contribution in [2.24, 2.45) is 5.73 Å². The summed E-state index contributed by atoms with van der Waals surface area (Å²) in [6.07, 6.45) is 1.79. The van der Waals surface area contributed by atoms with E-state index in [9.17, 15) is 9.90 Å². The maximum absolute atomic E-state index is 12.2. The molecule has 146 valence electrons. The van der Waals surface area contributed by atoms with Gasteiger partial charge in [0.2, 0.25) is 0 Å². The van der Waals surface area contributed by atoms with Crippen LogP contribution in [0.25, 0.3) is 11.1 Å². The number of ether oxygens (including phenoxy) is 1. The van der Waals surface area contributed by atoms with Gasteiger partial charge in [-0.15, -0.1) is 0 Å². The first-order valence-electron chi connectivity index (χ1n) is 9.64. The van der Waals surface area contributed by atoms with E-state index in [1.807, 2.05) is 13.0 Å². The van der Waals surface area contributed by atoms with Gasteiger partial charge in [-0.25, -0.2) is 0 Å². The van der Waals surface area contributed by atoms with Crippen LogP contribution in [0.3, 0.4) is 0 Å². The van der Waals surface area contributed by atoms with Gasteiger partial charge in [-0.05, 0) is 37.5 Å². The zero-order valence-electron chi connectivity index (χ0n) is 16.2. The number of primary amides is 1. The molecule has 1 saturated heterocycles. The van der Waals surface area contributed by atoms with Crippen LogP contribution in [0, 0.1) is 6.92 Å². The minimum absolute atomic E-state index is 0.183. The number of carbonyl (C=O) groups excluding carboxylic acids is 1. The van der Waals surface area contributed by atoms with Crippen molar-refractivity contribution in [2.45, 2.75) is 33.2 Å². The summed E-state index contributed by atoms with van der Waals surface area (Å²) in [4.78, 5) is 14.6. The molecule has 0 spiro atoms. The molecule has 0 bridgehead atoms. The Labute approximate surface area is 160 Å². The highest BCUT2D eigenvalue weighted by atomic mass is 16.5. The van der Waals surface area contributed by atoms with Crippen molar-refractivity contribution in [1.29, 1.82) is 0 Å². The van der Waals surface area contributed by atoms with Gasteiger partial charge < -0.3 is 20.1 Å². The number of aromatic nitrogens is 1. The number of carbonyl (C=O) groups is 1. The third-order valence-corrected chi connectivity index (χ3v) is 5.31. The molecule has 3 N–H and O–H groups in total.